The zero-order valence-electron chi connectivity index (χ0n) is 21.9. The SMILES string of the molecule is CCCn1c(SCCCNC(=O)c2ccc(F)cc2)nc(-c2ccc(OC)cc2)c1-c1ccc(OC)cc1. The van der Waals surface area contributed by atoms with Crippen molar-refractivity contribution in [3.63, 3.8) is 0 Å². The third kappa shape index (κ3) is 6.55. The third-order valence-corrected chi connectivity index (χ3v) is 7.11. The van der Waals surface area contributed by atoms with Crippen molar-refractivity contribution < 1.29 is 18.7 Å². The Hall–Kier alpha value is -3.78. The molecular formula is C30H32FN3O3S. The lowest BCUT2D eigenvalue weighted by Crippen LogP contribution is -2.24. The average Bonchev–Trinajstić information content (AvgIpc) is 3.31. The van der Waals surface area contributed by atoms with Crippen molar-refractivity contribution >= 4 is 17.7 Å². The summed E-state index contributed by atoms with van der Waals surface area (Å²) in [5.41, 5.74) is 4.51. The van der Waals surface area contributed by atoms with Crippen LogP contribution in [0.5, 0.6) is 11.5 Å². The van der Waals surface area contributed by atoms with Crippen LogP contribution in [0.2, 0.25) is 0 Å². The van der Waals surface area contributed by atoms with Gasteiger partial charge in [0.15, 0.2) is 5.16 Å². The second kappa shape index (κ2) is 13.1. The van der Waals surface area contributed by atoms with Gasteiger partial charge in [0.05, 0.1) is 25.6 Å². The normalized spacial score (nSPS) is 10.8. The zero-order chi connectivity index (χ0) is 26.9. The highest BCUT2D eigenvalue weighted by Crippen LogP contribution is 2.37. The maximum Gasteiger partial charge on any atom is 0.251 e. The van der Waals surface area contributed by atoms with E-state index in [9.17, 15) is 9.18 Å². The molecule has 0 saturated carbocycles. The zero-order valence-corrected chi connectivity index (χ0v) is 22.7. The number of nitrogens with zero attached hydrogens (tertiary/aromatic N) is 2. The Balaban J connectivity index is 1.54. The molecule has 0 spiro atoms. The molecule has 3 aromatic carbocycles. The maximum absolute atomic E-state index is 13.1. The number of aromatic nitrogens is 2. The number of thioether (sulfide) groups is 1. The fourth-order valence-electron chi connectivity index (χ4n) is 4.11. The Bertz CT molecular complexity index is 1340. The van der Waals surface area contributed by atoms with E-state index in [0.717, 1.165) is 64.3 Å². The molecule has 1 N–H and O–H groups in total. The summed E-state index contributed by atoms with van der Waals surface area (Å²) in [5.74, 6) is 1.83. The molecule has 4 rings (SSSR count). The van der Waals surface area contributed by atoms with Gasteiger partial charge in [-0.1, -0.05) is 18.7 Å². The molecule has 4 aromatic rings. The van der Waals surface area contributed by atoms with Crippen LogP contribution in [0, 0.1) is 5.82 Å². The fourth-order valence-corrected chi connectivity index (χ4v) is 5.07. The minimum absolute atomic E-state index is 0.203. The van der Waals surface area contributed by atoms with Crippen molar-refractivity contribution in [2.24, 2.45) is 0 Å². The highest BCUT2D eigenvalue weighted by atomic mass is 32.2. The summed E-state index contributed by atoms with van der Waals surface area (Å²) in [6, 6.07) is 21.6. The first-order chi connectivity index (χ1) is 18.5. The highest BCUT2D eigenvalue weighted by Gasteiger charge is 2.20. The summed E-state index contributed by atoms with van der Waals surface area (Å²) < 4.78 is 26.1. The van der Waals surface area contributed by atoms with Crippen molar-refractivity contribution in [1.82, 2.24) is 14.9 Å². The number of nitrogens with one attached hydrogen (secondary N) is 1. The predicted octanol–water partition coefficient (Wildman–Crippen LogP) is 6.70. The van der Waals surface area contributed by atoms with Gasteiger partial charge in [-0.25, -0.2) is 9.37 Å². The number of methoxy groups -OCH3 is 2. The van der Waals surface area contributed by atoms with Gasteiger partial charge in [-0.3, -0.25) is 4.79 Å². The molecule has 6 nitrogen and oxygen atoms in total. The molecule has 0 aliphatic heterocycles. The fraction of sp³-hybridized carbons (Fsp3) is 0.267. The number of hydrogen-bond acceptors (Lipinski definition) is 5. The molecule has 0 atom stereocenters. The Morgan fingerprint density at radius 2 is 1.53 bits per heavy atom. The number of rotatable bonds is 12. The van der Waals surface area contributed by atoms with Gasteiger partial charge in [-0.15, -0.1) is 0 Å². The van der Waals surface area contributed by atoms with Crippen LogP contribution in [-0.4, -0.2) is 42.0 Å². The Morgan fingerprint density at radius 3 is 2.11 bits per heavy atom. The van der Waals surface area contributed by atoms with Crippen molar-refractivity contribution in [2.45, 2.75) is 31.5 Å². The summed E-state index contributed by atoms with van der Waals surface area (Å²) in [7, 11) is 3.32. The number of amides is 1. The van der Waals surface area contributed by atoms with Gasteiger partial charge in [0.1, 0.15) is 17.3 Å². The molecule has 0 saturated heterocycles. The first-order valence-corrected chi connectivity index (χ1v) is 13.6. The molecule has 0 bridgehead atoms. The highest BCUT2D eigenvalue weighted by molar-refractivity contribution is 7.99. The molecular weight excluding hydrogens is 501 g/mol. The monoisotopic (exact) mass is 533 g/mol. The second-order valence-electron chi connectivity index (χ2n) is 8.67. The van der Waals surface area contributed by atoms with Crippen LogP contribution in [0.15, 0.2) is 78.0 Å². The van der Waals surface area contributed by atoms with Gasteiger partial charge >= 0.3 is 0 Å². The van der Waals surface area contributed by atoms with E-state index in [0.29, 0.717) is 12.1 Å². The van der Waals surface area contributed by atoms with Gasteiger partial charge in [-0.05, 0) is 85.6 Å². The lowest BCUT2D eigenvalue weighted by Gasteiger charge is -2.13. The topological polar surface area (TPSA) is 65.4 Å². The Kier molecular flexibility index (Phi) is 9.43. The molecule has 198 valence electrons. The summed E-state index contributed by atoms with van der Waals surface area (Å²) in [4.78, 5) is 17.4. The largest absolute Gasteiger partial charge is 0.497 e. The van der Waals surface area contributed by atoms with Crippen molar-refractivity contribution in [1.29, 1.82) is 0 Å². The summed E-state index contributed by atoms with van der Waals surface area (Å²) in [6.45, 7) is 3.51. The molecule has 1 heterocycles. The molecule has 0 aliphatic carbocycles. The van der Waals surface area contributed by atoms with E-state index in [2.05, 4.69) is 28.9 Å². The van der Waals surface area contributed by atoms with Crippen molar-refractivity contribution in [2.75, 3.05) is 26.5 Å². The first kappa shape index (κ1) is 27.3. The molecule has 0 radical (unpaired) electrons. The average molecular weight is 534 g/mol. The van der Waals surface area contributed by atoms with E-state index < -0.39 is 0 Å². The predicted molar refractivity (Wildman–Crippen MR) is 151 cm³/mol. The lowest BCUT2D eigenvalue weighted by molar-refractivity contribution is 0.0953. The van der Waals surface area contributed by atoms with E-state index in [-0.39, 0.29) is 11.7 Å². The van der Waals surface area contributed by atoms with Crippen LogP contribution < -0.4 is 14.8 Å². The molecule has 0 aliphatic rings. The molecule has 0 unspecified atom stereocenters. The molecule has 8 heteroatoms. The third-order valence-electron chi connectivity index (χ3n) is 6.05. The van der Waals surface area contributed by atoms with Crippen LogP contribution >= 0.6 is 11.8 Å². The van der Waals surface area contributed by atoms with Gasteiger partial charge in [-0.2, -0.15) is 0 Å². The number of carbonyl (C=O) groups is 1. The van der Waals surface area contributed by atoms with Gasteiger partial charge in [0.2, 0.25) is 0 Å². The molecule has 1 amide bonds. The Labute approximate surface area is 227 Å². The number of hydrogen-bond donors (Lipinski definition) is 1. The number of ether oxygens (including phenoxy) is 2. The van der Waals surface area contributed by atoms with E-state index in [1.54, 1.807) is 26.0 Å². The maximum atomic E-state index is 13.1. The summed E-state index contributed by atoms with van der Waals surface area (Å²) in [5, 5.41) is 3.85. The van der Waals surface area contributed by atoms with E-state index in [4.69, 9.17) is 14.5 Å². The minimum atomic E-state index is -0.358. The van der Waals surface area contributed by atoms with E-state index in [1.807, 2.05) is 36.4 Å². The first-order valence-electron chi connectivity index (χ1n) is 12.6. The lowest BCUT2D eigenvalue weighted by atomic mass is 10.0. The van der Waals surface area contributed by atoms with Crippen LogP contribution in [0.25, 0.3) is 22.5 Å². The second-order valence-corrected chi connectivity index (χ2v) is 9.73. The summed E-state index contributed by atoms with van der Waals surface area (Å²) in [6.07, 6.45) is 1.73. The molecule has 0 fully saturated rings. The Morgan fingerprint density at radius 1 is 0.921 bits per heavy atom. The van der Waals surface area contributed by atoms with Crippen LogP contribution in [0.1, 0.15) is 30.1 Å². The van der Waals surface area contributed by atoms with Gasteiger partial charge in [0.25, 0.3) is 5.91 Å². The minimum Gasteiger partial charge on any atom is -0.497 e. The van der Waals surface area contributed by atoms with E-state index in [1.165, 1.54) is 24.3 Å². The standard InChI is InChI=1S/C30H32FN3O3S/c1-4-19-34-28(22-10-16-26(37-3)17-11-22)27(21-8-14-25(36-2)15-9-21)33-30(34)38-20-5-18-32-29(35)23-6-12-24(31)13-7-23/h6-17H,4-5,18-20H2,1-3H3,(H,32,35). The summed E-state index contributed by atoms with van der Waals surface area (Å²) >= 11 is 1.68. The number of benzene rings is 3. The van der Waals surface area contributed by atoms with E-state index >= 15 is 0 Å². The van der Waals surface area contributed by atoms with Crippen LogP contribution in [0.4, 0.5) is 4.39 Å². The number of carbonyl (C=O) groups excluding carboxylic acids is 1. The van der Waals surface area contributed by atoms with Crippen molar-refractivity contribution in [3.05, 3.63) is 84.2 Å². The number of imidazole rings is 1. The van der Waals surface area contributed by atoms with Crippen LogP contribution in [-0.2, 0) is 6.54 Å². The quantitative estimate of drug-likeness (QED) is 0.162. The van der Waals surface area contributed by atoms with Crippen molar-refractivity contribution in [3.8, 4) is 34.0 Å². The number of halogens is 1. The molecule has 1 aromatic heterocycles. The van der Waals surface area contributed by atoms with Gasteiger partial charge in [0, 0.05) is 35.5 Å². The van der Waals surface area contributed by atoms with Crippen LogP contribution in [0.3, 0.4) is 0 Å². The molecule has 38 heavy (non-hydrogen) atoms. The van der Waals surface area contributed by atoms with Gasteiger partial charge < -0.3 is 19.4 Å². The smallest absolute Gasteiger partial charge is 0.251 e.